The zero-order valence-corrected chi connectivity index (χ0v) is 16.3. The lowest BCUT2D eigenvalue weighted by Crippen LogP contribution is -2.35. The summed E-state index contributed by atoms with van der Waals surface area (Å²) in [5.41, 5.74) is 5.97. The molecule has 0 bridgehead atoms. The molecule has 1 aliphatic heterocycles. The number of rotatable bonds is 6. The highest BCUT2D eigenvalue weighted by molar-refractivity contribution is 6.45. The van der Waals surface area contributed by atoms with Crippen molar-refractivity contribution in [3.8, 4) is 0 Å². The third kappa shape index (κ3) is 4.57. The van der Waals surface area contributed by atoms with Gasteiger partial charge in [0.2, 0.25) is 0 Å². The van der Waals surface area contributed by atoms with Crippen LogP contribution in [0.25, 0.3) is 5.57 Å². The van der Waals surface area contributed by atoms with E-state index >= 15 is 0 Å². The van der Waals surface area contributed by atoms with Crippen LogP contribution in [-0.4, -0.2) is 30.9 Å². The van der Waals surface area contributed by atoms with E-state index in [1.54, 1.807) is 6.21 Å². The smallest absolute Gasteiger partial charge is 0.270 e. The van der Waals surface area contributed by atoms with E-state index in [0.29, 0.717) is 18.8 Å². The van der Waals surface area contributed by atoms with E-state index in [2.05, 4.69) is 60.9 Å². The Bertz CT molecular complexity index is 772. The highest BCUT2D eigenvalue weighted by atomic mass is 16.2. The number of benzene rings is 1. The molecule has 4 nitrogen and oxygen atoms in total. The number of allylic oxidation sites excluding steroid dienone is 2. The molecule has 1 N–H and O–H groups in total. The lowest BCUT2D eigenvalue weighted by atomic mass is 9.94. The van der Waals surface area contributed by atoms with E-state index in [1.165, 1.54) is 5.56 Å². The van der Waals surface area contributed by atoms with Crippen molar-refractivity contribution in [2.24, 2.45) is 9.98 Å². The molecule has 0 saturated heterocycles. The third-order valence-electron chi connectivity index (χ3n) is 4.78. The molecular weight excluding hydrogens is 322 g/mol. The number of carbonyl (C=O) groups is 1. The fraction of sp³-hybridized carbons (Fsp3) is 0.409. The van der Waals surface area contributed by atoms with Crippen molar-refractivity contribution < 1.29 is 4.79 Å². The second-order valence-electron chi connectivity index (χ2n) is 6.49. The number of carbonyl (C=O) groups excluding carboxylic acids is 1. The highest BCUT2D eigenvalue weighted by Gasteiger charge is 2.21. The molecule has 0 aliphatic carbocycles. The average Bonchev–Trinajstić information content (AvgIpc) is 2.91. The molecule has 2 rings (SSSR count). The van der Waals surface area contributed by atoms with Crippen molar-refractivity contribution in [1.29, 1.82) is 0 Å². The zero-order chi connectivity index (χ0) is 19.1. The van der Waals surface area contributed by atoms with Gasteiger partial charge in [0, 0.05) is 11.8 Å². The fourth-order valence-corrected chi connectivity index (χ4v) is 3.09. The number of nitrogens with one attached hydrogen (secondary N) is 1. The molecule has 4 heteroatoms. The largest absolute Gasteiger partial charge is 0.344 e. The number of aryl methyl sites for hydroxylation is 1. The lowest BCUT2D eigenvalue weighted by molar-refractivity contribution is -0.115. The van der Waals surface area contributed by atoms with Gasteiger partial charge in [-0.2, -0.15) is 0 Å². The molecule has 0 aromatic heterocycles. The Hall–Kier alpha value is -2.49. The topological polar surface area (TPSA) is 53.8 Å². The summed E-state index contributed by atoms with van der Waals surface area (Å²) in [6.07, 6.45) is 5.42. The van der Waals surface area contributed by atoms with Gasteiger partial charge in [-0.15, -0.1) is 0 Å². The van der Waals surface area contributed by atoms with Crippen LogP contribution in [0.15, 0.2) is 46.4 Å². The number of hydrogen-bond donors (Lipinski definition) is 1. The molecule has 0 saturated carbocycles. The summed E-state index contributed by atoms with van der Waals surface area (Å²) in [5.74, 6) is -0.128. The summed E-state index contributed by atoms with van der Waals surface area (Å²) >= 11 is 0. The monoisotopic (exact) mass is 351 g/mol. The Morgan fingerprint density at radius 3 is 2.77 bits per heavy atom. The maximum atomic E-state index is 12.8. The molecule has 1 aliphatic rings. The van der Waals surface area contributed by atoms with Gasteiger partial charge in [0.15, 0.2) is 0 Å². The van der Waals surface area contributed by atoms with E-state index in [9.17, 15) is 4.79 Å². The van der Waals surface area contributed by atoms with Gasteiger partial charge in [0.05, 0.1) is 19.1 Å². The van der Waals surface area contributed by atoms with E-state index < -0.39 is 0 Å². The third-order valence-corrected chi connectivity index (χ3v) is 4.78. The van der Waals surface area contributed by atoms with E-state index in [0.717, 1.165) is 35.1 Å². The van der Waals surface area contributed by atoms with Gasteiger partial charge in [-0.25, -0.2) is 0 Å². The second-order valence-corrected chi connectivity index (χ2v) is 6.49. The molecule has 138 valence electrons. The van der Waals surface area contributed by atoms with Crippen molar-refractivity contribution in [2.45, 2.75) is 46.6 Å². The van der Waals surface area contributed by atoms with Crippen LogP contribution >= 0.6 is 0 Å². The van der Waals surface area contributed by atoms with Crippen LogP contribution in [0, 0.1) is 6.92 Å². The van der Waals surface area contributed by atoms with Crippen molar-refractivity contribution in [3.05, 3.63) is 53.1 Å². The van der Waals surface area contributed by atoms with Crippen LogP contribution in [-0.2, 0) is 4.79 Å². The predicted molar refractivity (Wildman–Crippen MR) is 111 cm³/mol. The first-order valence-corrected chi connectivity index (χ1v) is 9.29. The van der Waals surface area contributed by atoms with Gasteiger partial charge in [-0.05, 0) is 49.0 Å². The first kappa shape index (κ1) is 19.8. The molecule has 1 atom stereocenters. The SMILES string of the molecule is C=C(CC)c1ccc([C@H](CC)NC(=O)C2=NCC=NC/C2=C\C)c(C)c1. The van der Waals surface area contributed by atoms with Gasteiger partial charge in [0.25, 0.3) is 5.91 Å². The molecule has 0 radical (unpaired) electrons. The maximum Gasteiger partial charge on any atom is 0.270 e. The highest BCUT2D eigenvalue weighted by Crippen LogP contribution is 2.25. The Morgan fingerprint density at radius 2 is 2.15 bits per heavy atom. The van der Waals surface area contributed by atoms with Crippen LogP contribution in [0.3, 0.4) is 0 Å². The van der Waals surface area contributed by atoms with Crippen LogP contribution in [0.2, 0.25) is 0 Å². The summed E-state index contributed by atoms with van der Waals surface area (Å²) in [5, 5.41) is 3.16. The van der Waals surface area contributed by atoms with Gasteiger partial charge >= 0.3 is 0 Å². The van der Waals surface area contributed by atoms with Gasteiger partial charge in [-0.3, -0.25) is 14.8 Å². The van der Waals surface area contributed by atoms with Gasteiger partial charge in [0.1, 0.15) is 5.71 Å². The molecule has 26 heavy (non-hydrogen) atoms. The number of nitrogens with zero attached hydrogens (tertiary/aromatic N) is 2. The fourth-order valence-electron chi connectivity index (χ4n) is 3.09. The molecule has 0 fully saturated rings. The molecule has 1 aromatic rings. The van der Waals surface area contributed by atoms with E-state index in [1.807, 2.05) is 13.0 Å². The molecule has 1 heterocycles. The number of hydrogen-bond acceptors (Lipinski definition) is 3. The summed E-state index contributed by atoms with van der Waals surface area (Å²) < 4.78 is 0. The normalized spacial score (nSPS) is 16.8. The van der Waals surface area contributed by atoms with E-state index in [-0.39, 0.29) is 11.9 Å². The molecule has 0 unspecified atom stereocenters. The Morgan fingerprint density at radius 1 is 1.38 bits per heavy atom. The zero-order valence-electron chi connectivity index (χ0n) is 16.3. The van der Waals surface area contributed by atoms with E-state index in [4.69, 9.17) is 0 Å². The van der Waals surface area contributed by atoms with Crippen LogP contribution < -0.4 is 5.32 Å². The molecule has 0 spiro atoms. The van der Waals surface area contributed by atoms with Crippen molar-refractivity contribution >= 4 is 23.4 Å². The number of amides is 1. The van der Waals surface area contributed by atoms with Crippen molar-refractivity contribution in [2.75, 3.05) is 13.1 Å². The second kappa shape index (κ2) is 9.27. The summed E-state index contributed by atoms with van der Waals surface area (Å²) in [6.45, 7) is 13.3. The minimum atomic E-state index is -0.128. The lowest BCUT2D eigenvalue weighted by Gasteiger charge is -2.21. The Kier molecular flexibility index (Phi) is 7.07. The van der Waals surface area contributed by atoms with Crippen LogP contribution in [0.1, 0.15) is 56.3 Å². The van der Waals surface area contributed by atoms with Crippen LogP contribution in [0.5, 0.6) is 0 Å². The Balaban J connectivity index is 2.22. The van der Waals surface area contributed by atoms with Crippen LogP contribution in [0.4, 0.5) is 0 Å². The molecule has 1 amide bonds. The van der Waals surface area contributed by atoms with Gasteiger partial charge < -0.3 is 5.32 Å². The quantitative estimate of drug-likeness (QED) is 0.808. The average molecular weight is 351 g/mol. The first-order chi connectivity index (χ1) is 12.5. The Labute approximate surface area is 156 Å². The van der Waals surface area contributed by atoms with Crippen molar-refractivity contribution in [3.63, 3.8) is 0 Å². The van der Waals surface area contributed by atoms with Gasteiger partial charge in [-0.1, -0.05) is 44.7 Å². The standard InChI is InChI=1S/C22H29N3O/c1-6-15(4)18-9-10-19(16(5)13-18)20(8-3)25-22(26)21-17(7-2)14-23-11-12-24-21/h7,9-11,13,20H,4,6,8,12,14H2,1-3,5H3,(H,25,26)/b17-7+/t20-/m0/s1. The minimum Gasteiger partial charge on any atom is -0.344 e. The first-order valence-electron chi connectivity index (χ1n) is 9.29. The minimum absolute atomic E-state index is 0.0450. The summed E-state index contributed by atoms with van der Waals surface area (Å²) in [7, 11) is 0. The molecular formula is C22H29N3O. The summed E-state index contributed by atoms with van der Waals surface area (Å²) in [4.78, 5) is 21.5. The maximum absolute atomic E-state index is 12.8. The molecule has 1 aromatic carbocycles. The summed E-state index contributed by atoms with van der Waals surface area (Å²) in [6, 6.07) is 6.31. The van der Waals surface area contributed by atoms with Crippen molar-refractivity contribution in [1.82, 2.24) is 5.32 Å². The predicted octanol–water partition coefficient (Wildman–Crippen LogP) is 4.46. The number of aliphatic imine (C=N–C) groups is 2.